The van der Waals surface area contributed by atoms with Crippen molar-refractivity contribution >= 4 is 11.8 Å². The number of fused-ring (bicyclic) bond motifs is 1. The van der Waals surface area contributed by atoms with E-state index in [1.807, 2.05) is 9.80 Å². The zero-order valence-corrected chi connectivity index (χ0v) is 15.7. The largest absolute Gasteiger partial charge is 0.336 e. The third-order valence-electron chi connectivity index (χ3n) is 5.78. The first-order valence-corrected chi connectivity index (χ1v) is 9.66. The topological polar surface area (TPSA) is 53.5 Å². The second kappa shape index (κ2) is 7.51. The van der Waals surface area contributed by atoms with Crippen LogP contribution < -0.4 is 0 Å². The molecule has 2 fully saturated rings. The summed E-state index contributed by atoms with van der Waals surface area (Å²) in [5.74, 6) is 0.599. The summed E-state index contributed by atoms with van der Waals surface area (Å²) < 4.78 is 0. The van der Waals surface area contributed by atoms with E-state index in [2.05, 4.69) is 36.2 Å². The number of hydrogen-bond donors (Lipinski definition) is 0. The lowest BCUT2D eigenvalue weighted by molar-refractivity contribution is -0.133. The molecule has 0 radical (unpaired) electrons. The van der Waals surface area contributed by atoms with Crippen LogP contribution in [0.25, 0.3) is 0 Å². The molecule has 3 heterocycles. The highest BCUT2D eigenvalue weighted by Crippen LogP contribution is 2.32. The Kier molecular flexibility index (Phi) is 4.92. The summed E-state index contributed by atoms with van der Waals surface area (Å²) in [6.07, 6.45) is 5.81. The van der Waals surface area contributed by atoms with Gasteiger partial charge in [0.15, 0.2) is 0 Å². The van der Waals surface area contributed by atoms with Crippen molar-refractivity contribution in [3.05, 3.63) is 65.5 Å². The van der Waals surface area contributed by atoms with Gasteiger partial charge in [0.2, 0.25) is 5.91 Å². The van der Waals surface area contributed by atoms with Crippen molar-refractivity contribution in [2.45, 2.75) is 38.8 Å². The molecule has 2 atom stereocenters. The normalized spacial score (nSPS) is 22.5. The van der Waals surface area contributed by atoms with Gasteiger partial charge in [0.1, 0.15) is 0 Å². The van der Waals surface area contributed by atoms with Gasteiger partial charge in [-0.1, -0.05) is 29.8 Å². The van der Waals surface area contributed by atoms with Gasteiger partial charge in [0.05, 0.1) is 6.04 Å². The summed E-state index contributed by atoms with van der Waals surface area (Å²) in [6.45, 7) is 4.03. The van der Waals surface area contributed by atoms with Gasteiger partial charge in [0, 0.05) is 44.0 Å². The number of amides is 2. The van der Waals surface area contributed by atoms with E-state index in [1.165, 1.54) is 5.56 Å². The van der Waals surface area contributed by atoms with Crippen molar-refractivity contribution in [3.8, 4) is 0 Å². The fraction of sp³-hybridized carbons (Fsp3) is 0.409. The van der Waals surface area contributed by atoms with Crippen LogP contribution in [0.1, 0.15) is 40.7 Å². The van der Waals surface area contributed by atoms with E-state index in [1.54, 1.807) is 24.5 Å². The van der Waals surface area contributed by atoms with Crippen LogP contribution in [0.2, 0.25) is 0 Å². The van der Waals surface area contributed by atoms with Crippen molar-refractivity contribution in [2.24, 2.45) is 5.92 Å². The average Bonchev–Trinajstić information content (AvgIpc) is 3.05. The number of rotatable bonds is 3. The van der Waals surface area contributed by atoms with Gasteiger partial charge in [-0.15, -0.1) is 0 Å². The summed E-state index contributed by atoms with van der Waals surface area (Å²) in [6, 6.07) is 12.0. The Morgan fingerprint density at radius 2 is 1.85 bits per heavy atom. The van der Waals surface area contributed by atoms with Gasteiger partial charge < -0.3 is 9.80 Å². The molecular formula is C22H25N3O2. The molecule has 0 saturated carbocycles. The number of aromatic nitrogens is 1. The third-order valence-corrected chi connectivity index (χ3v) is 5.78. The number of pyridine rings is 1. The first-order valence-electron chi connectivity index (χ1n) is 9.66. The van der Waals surface area contributed by atoms with Crippen molar-refractivity contribution in [1.82, 2.24) is 14.8 Å². The number of aryl methyl sites for hydroxylation is 1. The lowest BCUT2D eigenvalue weighted by Crippen LogP contribution is -2.43. The molecule has 0 spiro atoms. The van der Waals surface area contributed by atoms with Crippen LogP contribution >= 0.6 is 0 Å². The van der Waals surface area contributed by atoms with Crippen LogP contribution in [-0.4, -0.2) is 45.7 Å². The second-order valence-corrected chi connectivity index (χ2v) is 7.67. The molecule has 2 aliphatic rings. The minimum atomic E-state index is 0.0354. The minimum Gasteiger partial charge on any atom is -0.336 e. The average molecular weight is 363 g/mol. The quantitative estimate of drug-likeness (QED) is 0.842. The minimum absolute atomic E-state index is 0.0354. The highest BCUT2D eigenvalue weighted by molar-refractivity contribution is 5.94. The summed E-state index contributed by atoms with van der Waals surface area (Å²) >= 11 is 0. The molecule has 1 aromatic carbocycles. The number of nitrogens with zero attached hydrogens (tertiary/aromatic N) is 3. The molecule has 1 aromatic heterocycles. The maximum atomic E-state index is 12.9. The Morgan fingerprint density at radius 1 is 1.11 bits per heavy atom. The van der Waals surface area contributed by atoms with E-state index in [0.29, 0.717) is 31.0 Å². The Labute approximate surface area is 160 Å². The summed E-state index contributed by atoms with van der Waals surface area (Å²) in [5.41, 5.74) is 3.03. The highest BCUT2D eigenvalue weighted by atomic mass is 16.2. The number of carbonyl (C=O) groups is 2. The standard InChI is InChI=1S/C22H25N3O2/c1-16-5-7-17(8-6-16)13-25-20-15-24(14-19(20)3-2-4-21(25)26)22(27)18-9-11-23-12-10-18/h5-12,19-20H,2-4,13-15H2,1H3/t19-,20+/m1/s1. The lowest BCUT2D eigenvalue weighted by Gasteiger charge is -2.30. The molecule has 140 valence electrons. The summed E-state index contributed by atoms with van der Waals surface area (Å²) in [7, 11) is 0. The van der Waals surface area contributed by atoms with Crippen molar-refractivity contribution in [1.29, 1.82) is 0 Å². The Balaban J connectivity index is 1.54. The van der Waals surface area contributed by atoms with Crippen molar-refractivity contribution in [3.63, 3.8) is 0 Å². The van der Waals surface area contributed by atoms with E-state index in [0.717, 1.165) is 24.9 Å². The van der Waals surface area contributed by atoms with Crippen LogP contribution in [0.3, 0.4) is 0 Å². The first-order chi connectivity index (χ1) is 13.1. The molecule has 5 heteroatoms. The van der Waals surface area contributed by atoms with Gasteiger partial charge in [-0.3, -0.25) is 14.6 Å². The van der Waals surface area contributed by atoms with Gasteiger partial charge in [-0.25, -0.2) is 0 Å². The monoisotopic (exact) mass is 363 g/mol. The first kappa shape index (κ1) is 17.7. The molecule has 0 N–H and O–H groups in total. The van der Waals surface area contributed by atoms with Gasteiger partial charge in [-0.2, -0.15) is 0 Å². The summed E-state index contributed by atoms with van der Waals surface area (Å²) in [4.78, 5) is 33.6. The number of hydrogen-bond acceptors (Lipinski definition) is 3. The molecule has 2 aliphatic heterocycles. The Morgan fingerprint density at radius 3 is 2.59 bits per heavy atom. The van der Waals surface area contributed by atoms with Gasteiger partial charge in [-0.05, 0) is 43.4 Å². The maximum absolute atomic E-state index is 12.9. The number of likely N-dealkylation sites (tertiary alicyclic amines) is 2. The van der Waals surface area contributed by atoms with Crippen molar-refractivity contribution < 1.29 is 9.59 Å². The van der Waals surface area contributed by atoms with E-state index in [4.69, 9.17) is 0 Å². The number of carbonyl (C=O) groups excluding carboxylic acids is 2. The zero-order chi connectivity index (χ0) is 18.8. The van der Waals surface area contributed by atoms with Crippen LogP contribution in [0.15, 0.2) is 48.8 Å². The van der Waals surface area contributed by atoms with Crippen LogP contribution in [0.4, 0.5) is 0 Å². The molecule has 0 unspecified atom stereocenters. The molecule has 5 nitrogen and oxygen atoms in total. The third kappa shape index (κ3) is 3.72. The molecule has 2 aromatic rings. The molecule has 2 saturated heterocycles. The molecule has 27 heavy (non-hydrogen) atoms. The zero-order valence-electron chi connectivity index (χ0n) is 15.7. The van der Waals surface area contributed by atoms with E-state index in [-0.39, 0.29) is 17.9 Å². The smallest absolute Gasteiger partial charge is 0.254 e. The van der Waals surface area contributed by atoms with Crippen LogP contribution in [0.5, 0.6) is 0 Å². The Hall–Kier alpha value is -2.69. The predicted octanol–water partition coefficient (Wildman–Crippen LogP) is 3.04. The number of benzene rings is 1. The summed E-state index contributed by atoms with van der Waals surface area (Å²) in [5, 5.41) is 0. The Bertz CT molecular complexity index is 819. The lowest BCUT2D eigenvalue weighted by atomic mass is 9.98. The molecule has 0 aliphatic carbocycles. The predicted molar refractivity (Wildman–Crippen MR) is 103 cm³/mol. The second-order valence-electron chi connectivity index (χ2n) is 7.67. The maximum Gasteiger partial charge on any atom is 0.254 e. The molecular weight excluding hydrogens is 338 g/mol. The van der Waals surface area contributed by atoms with Crippen LogP contribution in [0, 0.1) is 12.8 Å². The fourth-order valence-electron chi connectivity index (χ4n) is 4.27. The van der Waals surface area contributed by atoms with Crippen LogP contribution in [-0.2, 0) is 11.3 Å². The fourth-order valence-corrected chi connectivity index (χ4v) is 4.27. The molecule has 0 bridgehead atoms. The van der Waals surface area contributed by atoms with E-state index < -0.39 is 0 Å². The van der Waals surface area contributed by atoms with E-state index >= 15 is 0 Å². The SMILES string of the molecule is Cc1ccc(CN2C(=O)CCC[C@@H]3CN(C(=O)c4ccncc4)C[C@@H]32)cc1. The van der Waals surface area contributed by atoms with E-state index in [9.17, 15) is 9.59 Å². The van der Waals surface area contributed by atoms with Gasteiger partial charge in [0.25, 0.3) is 5.91 Å². The van der Waals surface area contributed by atoms with Gasteiger partial charge >= 0.3 is 0 Å². The van der Waals surface area contributed by atoms with Crippen molar-refractivity contribution in [2.75, 3.05) is 13.1 Å². The highest BCUT2D eigenvalue weighted by Gasteiger charge is 2.41. The molecule has 4 rings (SSSR count). The molecule has 2 amide bonds.